The van der Waals surface area contributed by atoms with Gasteiger partial charge >= 0.3 is 0 Å². The molecule has 0 atom stereocenters. The summed E-state index contributed by atoms with van der Waals surface area (Å²) in [5, 5.41) is 5.80. The molecule has 3 aromatic heterocycles. The lowest BCUT2D eigenvalue weighted by molar-refractivity contribution is -0.000510. The second kappa shape index (κ2) is 16.3. The molecule has 3 aliphatic heterocycles. The van der Waals surface area contributed by atoms with Gasteiger partial charge in [-0.25, -0.2) is 9.37 Å². The van der Waals surface area contributed by atoms with E-state index >= 15 is 0 Å². The standard InChI is InChI=1S/C42H41FN6O4S.C2H6/c1-25(2)30-6-4-8-32(43)35(30)47-40(51)34-21-28-13-17-49(33-20-26(3)22-45-36(33)37(28)54-34)41(52)27-9-11-29(12-10-27)46-39(50)31-7-5-16-44-38(31)48-23-42(24-48)14-18-53-19-15-42;1-2/h4-12,16,20-22,25H,13-15,17-19,23-24H2,1-3H3,(H,46,50)(H,47,51);1-2H3. The molecule has 290 valence electrons. The summed E-state index contributed by atoms with van der Waals surface area (Å²) in [6.07, 6.45) is 6.00. The Bertz CT molecular complexity index is 2260. The van der Waals surface area contributed by atoms with Crippen molar-refractivity contribution in [2.75, 3.05) is 53.3 Å². The molecule has 0 aliphatic carbocycles. The molecular formula is C44H47FN6O4S. The maximum atomic E-state index is 14.8. The first-order valence-corrected chi connectivity index (χ1v) is 20.1. The molecule has 3 amide bonds. The van der Waals surface area contributed by atoms with Gasteiger partial charge < -0.3 is 25.2 Å². The van der Waals surface area contributed by atoms with Crippen LogP contribution in [0.3, 0.4) is 0 Å². The molecule has 2 saturated heterocycles. The number of thiophene rings is 1. The highest BCUT2D eigenvalue weighted by Gasteiger charge is 2.45. The minimum absolute atomic E-state index is 0.0229. The van der Waals surface area contributed by atoms with E-state index in [0.29, 0.717) is 51.9 Å². The lowest BCUT2D eigenvalue weighted by Crippen LogP contribution is -2.59. The molecule has 56 heavy (non-hydrogen) atoms. The monoisotopic (exact) mass is 774 g/mol. The van der Waals surface area contributed by atoms with Crippen molar-refractivity contribution in [1.82, 2.24) is 9.97 Å². The van der Waals surface area contributed by atoms with E-state index in [1.807, 2.05) is 52.8 Å². The van der Waals surface area contributed by atoms with E-state index in [9.17, 15) is 18.8 Å². The second-order valence-electron chi connectivity index (χ2n) is 14.7. The molecule has 1 spiro atoms. The number of benzene rings is 2. The van der Waals surface area contributed by atoms with Crippen LogP contribution in [0.25, 0.3) is 10.6 Å². The lowest BCUT2D eigenvalue weighted by atomic mass is 9.73. The molecule has 0 unspecified atom stereocenters. The van der Waals surface area contributed by atoms with Gasteiger partial charge in [0, 0.05) is 61.9 Å². The minimum atomic E-state index is -0.479. The van der Waals surface area contributed by atoms with Crippen LogP contribution in [0, 0.1) is 18.2 Å². The zero-order chi connectivity index (χ0) is 39.6. The Morgan fingerprint density at radius 3 is 2.41 bits per heavy atom. The number of hydrogen-bond donors (Lipinski definition) is 2. The Morgan fingerprint density at radius 2 is 1.68 bits per heavy atom. The third-order valence-electron chi connectivity index (χ3n) is 10.6. The average molecular weight is 775 g/mol. The number of para-hydroxylation sites is 1. The fourth-order valence-electron chi connectivity index (χ4n) is 7.66. The summed E-state index contributed by atoms with van der Waals surface area (Å²) in [7, 11) is 0. The van der Waals surface area contributed by atoms with Gasteiger partial charge in [-0.1, -0.05) is 39.8 Å². The lowest BCUT2D eigenvalue weighted by Gasteiger charge is -2.53. The largest absolute Gasteiger partial charge is 0.381 e. The quantitative estimate of drug-likeness (QED) is 0.170. The van der Waals surface area contributed by atoms with Gasteiger partial charge in [-0.2, -0.15) is 0 Å². The third-order valence-corrected chi connectivity index (χ3v) is 11.8. The maximum Gasteiger partial charge on any atom is 0.265 e. The van der Waals surface area contributed by atoms with E-state index in [2.05, 4.69) is 20.5 Å². The third kappa shape index (κ3) is 7.68. The van der Waals surface area contributed by atoms with Crippen LogP contribution in [0.4, 0.5) is 27.3 Å². The van der Waals surface area contributed by atoms with Crippen LogP contribution < -0.4 is 20.4 Å². The first-order valence-electron chi connectivity index (χ1n) is 19.3. The highest BCUT2D eigenvalue weighted by Crippen LogP contribution is 2.43. The van der Waals surface area contributed by atoms with E-state index in [1.54, 1.807) is 59.8 Å². The summed E-state index contributed by atoms with van der Waals surface area (Å²) in [5.41, 5.74) is 5.72. The van der Waals surface area contributed by atoms with Gasteiger partial charge in [0.25, 0.3) is 17.7 Å². The zero-order valence-corrected chi connectivity index (χ0v) is 33.3. The number of nitrogens with one attached hydrogen (secondary N) is 2. The van der Waals surface area contributed by atoms with Crippen LogP contribution in [-0.4, -0.2) is 60.5 Å². The van der Waals surface area contributed by atoms with Crippen molar-refractivity contribution in [3.05, 3.63) is 118 Å². The Morgan fingerprint density at radius 1 is 0.929 bits per heavy atom. The van der Waals surface area contributed by atoms with Gasteiger partial charge in [0.1, 0.15) is 17.3 Å². The number of hydrogen-bond acceptors (Lipinski definition) is 8. The van der Waals surface area contributed by atoms with Gasteiger partial charge in [-0.05, 0) is 103 Å². The minimum Gasteiger partial charge on any atom is -0.381 e. The first-order chi connectivity index (χ1) is 27.1. The van der Waals surface area contributed by atoms with Crippen LogP contribution in [0.15, 0.2) is 79.1 Å². The zero-order valence-electron chi connectivity index (χ0n) is 32.4. The van der Waals surface area contributed by atoms with Gasteiger partial charge in [-0.15, -0.1) is 11.3 Å². The van der Waals surface area contributed by atoms with E-state index < -0.39 is 11.7 Å². The molecule has 0 radical (unpaired) electrons. The smallest absolute Gasteiger partial charge is 0.265 e. The van der Waals surface area contributed by atoms with Gasteiger partial charge in [0.15, 0.2) is 0 Å². The summed E-state index contributed by atoms with van der Waals surface area (Å²) in [6, 6.07) is 19.0. The summed E-state index contributed by atoms with van der Waals surface area (Å²) in [5.74, 6) is -0.638. The van der Waals surface area contributed by atoms with Crippen LogP contribution in [0.5, 0.6) is 0 Å². The van der Waals surface area contributed by atoms with Crippen molar-refractivity contribution in [1.29, 1.82) is 0 Å². The molecule has 10 nitrogen and oxygen atoms in total. The topological polar surface area (TPSA) is 117 Å². The molecule has 8 rings (SSSR count). The molecule has 12 heteroatoms. The Labute approximate surface area is 331 Å². The fourth-order valence-corrected chi connectivity index (χ4v) is 8.78. The van der Waals surface area contributed by atoms with E-state index in [-0.39, 0.29) is 28.8 Å². The normalized spacial score (nSPS) is 15.5. The number of anilines is 4. The van der Waals surface area contributed by atoms with Crippen molar-refractivity contribution in [2.24, 2.45) is 5.41 Å². The summed E-state index contributed by atoms with van der Waals surface area (Å²) in [4.78, 5) is 55.6. The first kappa shape index (κ1) is 38.8. The molecule has 0 saturated carbocycles. The number of aromatic nitrogens is 2. The van der Waals surface area contributed by atoms with E-state index in [4.69, 9.17) is 9.72 Å². The molecule has 2 aromatic carbocycles. The number of pyridine rings is 2. The summed E-state index contributed by atoms with van der Waals surface area (Å²) in [6.45, 7) is 13.5. The second-order valence-corrected chi connectivity index (χ2v) is 15.8. The van der Waals surface area contributed by atoms with Crippen LogP contribution >= 0.6 is 11.3 Å². The van der Waals surface area contributed by atoms with Crippen molar-refractivity contribution in [3.63, 3.8) is 0 Å². The summed E-state index contributed by atoms with van der Waals surface area (Å²) < 4.78 is 20.4. The van der Waals surface area contributed by atoms with Crippen LogP contribution in [-0.2, 0) is 11.2 Å². The van der Waals surface area contributed by atoms with Gasteiger partial charge in [0.05, 0.1) is 26.7 Å². The number of rotatable bonds is 7. The van der Waals surface area contributed by atoms with Gasteiger partial charge in [0.2, 0.25) is 0 Å². The number of fused-ring (bicyclic) bond motifs is 3. The number of carbonyl (C=O) groups excluding carboxylic acids is 3. The van der Waals surface area contributed by atoms with Gasteiger partial charge in [-0.3, -0.25) is 19.4 Å². The number of carbonyl (C=O) groups is 3. The van der Waals surface area contributed by atoms with Crippen molar-refractivity contribution in [2.45, 2.75) is 59.8 Å². The van der Waals surface area contributed by atoms with Crippen LogP contribution in [0.2, 0.25) is 0 Å². The predicted octanol–water partition coefficient (Wildman–Crippen LogP) is 9.13. The summed E-state index contributed by atoms with van der Waals surface area (Å²) >= 11 is 1.29. The number of halogens is 1. The Kier molecular flexibility index (Phi) is 11.3. The molecular weight excluding hydrogens is 728 g/mol. The van der Waals surface area contributed by atoms with Crippen molar-refractivity contribution >= 4 is 51.9 Å². The fraction of sp³-hybridized carbons (Fsp3) is 0.341. The maximum absolute atomic E-state index is 14.8. The highest BCUT2D eigenvalue weighted by molar-refractivity contribution is 7.17. The van der Waals surface area contributed by atoms with Crippen molar-refractivity contribution < 1.29 is 23.5 Å². The number of nitrogens with zero attached hydrogens (tertiary/aromatic N) is 4. The van der Waals surface area contributed by atoms with E-state index in [1.165, 1.54) is 17.4 Å². The Hall–Kier alpha value is -5.46. The molecule has 5 aromatic rings. The Balaban J connectivity index is 0.00000237. The molecule has 2 N–H and O–H groups in total. The number of ether oxygens (including phenoxy) is 1. The SMILES string of the molecule is CC.Cc1cnc2c(c1)N(C(=O)c1ccc(NC(=O)c3cccnc3N3CC4(CCOCC4)C3)cc1)CCc1cc(C(=O)Nc3c(F)cccc3C(C)C)sc1-2. The van der Waals surface area contributed by atoms with Crippen molar-refractivity contribution in [3.8, 4) is 10.6 Å². The highest BCUT2D eigenvalue weighted by atomic mass is 32.1. The molecule has 6 heterocycles. The van der Waals surface area contributed by atoms with E-state index in [0.717, 1.165) is 60.7 Å². The predicted molar refractivity (Wildman–Crippen MR) is 221 cm³/mol. The number of amides is 3. The molecule has 0 bridgehead atoms. The number of aryl methyl sites for hydroxylation is 1. The average Bonchev–Trinajstić information content (AvgIpc) is 3.57. The molecule has 3 aliphatic rings. The van der Waals surface area contributed by atoms with Crippen LogP contribution in [0.1, 0.15) is 93.5 Å². The molecule has 2 fully saturated rings.